The maximum Gasteiger partial charge on any atom is 0.408 e. The normalized spacial score (nSPS) is 26.3. The lowest BCUT2D eigenvalue weighted by Crippen LogP contribution is -2.60. The van der Waals surface area contributed by atoms with Gasteiger partial charge in [0.05, 0.1) is 11.9 Å². The van der Waals surface area contributed by atoms with Crippen LogP contribution in [0.15, 0.2) is 36.9 Å². The minimum atomic E-state index is -3.86. The Morgan fingerprint density at radius 2 is 1.56 bits per heavy atom. The number of carbonyl (C=O) groups excluding carboxylic acids is 4. The molecule has 0 bridgehead atoms. The standard InChI is InChI=1S/C36H52N6O7S/c1-5-24-21-36(24,33(45)39-50(47,48)28-17-18-28)38-31(43)29-22-41(26-15-13-25(14-16-26)40-19-9-6-10-20-40)23-42(29)32(44)30(35(2,3)4)37-34(46)49-27-11-7-8-12-27/h5,13-16,24,27-30H,1,6-12,17-23H2,2-4H3,(H,37,46)(H,38,43)(H,39,45)/t24-,29+,30-,36-/m1/s1. The van der Waals surface area contributed by atoms with E-state index < -0.39 is 68.0 Å². The van der Waals surface area contributed by atoms with Crippen LogP contribution in [-0.2, 0) is 29.1 Å². The van der Waals surface area contributed by atoms with Crippen LogP contribution < -0.4 is 25.2 Å². The topological polar surface area (TPSA) is 157 Å². The molecule has 1 aromatic rings. The molecule has 2 saturated heterocycles. The minimum absolute atomic E-state index is 0.0616. The van der Waals surface area contributed by atoms with E-state index in [1.54, 1.807) is 0 Å². The summed E-state index contributed by atoms with van der Waals surface area (Å²) in [6, 6.07) is 6.01. The fraction of sp³-hybridized carbons (Fsp3) is 0.667. The van der Waals surface area contributed by atoms with Crippen molar-refractivity contribution < 1.29 is 32.3 Å². The van der Waals surface area contributed by atoms with Gasteiger partial charge in [0.2, 0.25) is 21.8 Å². The molecule has 0 spiro atoms. The molecule has 0 unspecified atom stereocenters. The Hall–Kier alpha value is -3.81. The molecular formula is C36H52N6O7S. The molecule has 2 aliphatic heterocycles. The van der Waals surface area contributed by atoms with Gasteiger partial charge in [0, 0.05) is 36.9 Å². The first-order valence-corrected chi connectivity index (χ1v) is 19.6. The third kappa shape index (κ3) is 7.74. The summed E-state index contributed by atoms with van der Waals surface area (Å²) in [7, 11) is -3.86. The summed E-state index contributed by atoms with van der Waals surface area (Å²) in [6.07, 6.45) is 8.89. The number of ether oxygens (including phenoxy) is 1. The second kappa shape index (κ2) is 14.1. The number of nitrogens with one attached hydrogen (secondary N) is 3. The summed E-state index contributed by atoms with van der Waals surface area (Å²) in [5, 5.41) is 5.03. The highest BCUT2D eigenvalue weighted by molar-refractivity contribution is 7.91. The first kappa shape index (κ1) is 36.0. The van der Waals surface area contributed by atoms with Crippen LogP contribution in [-0.4, -0.2) is 92.4 Å². The highest BCUT2D eigenvalue weighted by Crippen LogP contribution is 2.45. The molecule has 5 fully saturated rings. The molecule has 13 nitrogen and oxygen atoms in total. The number of benzene rings is 1. The van der Waals surface area contributed by atoms with E-state index in [0.717, 1.165) is 63.0 Å². The Morgan fingerprint density at radius 3 is 2.12 bits per heavy atom. The van der Waals surface area contributed by atoms with Gasteiger partial charge in [-0.25, -0.2) is 13.2 Å². The monoisotopic (exact) mass is 712 g/mol. The van der Waals surface area contributed by atoms with E-state index in [9.17, 15) is 27.6 Å². The van der Waals surface area contributed by atoms with Crippen molar-refractivity contribution in [3.8, 4) is 0 Å². The van der Waals surface area contributed by atoms with Crippen molar-refractivity contribution in [1.29, 1.82) is 0 Å². The SMILES string of the molecule is C=C[C@@H]1C[C@]1(NC(=O)[C@@H]1CN(c2ccc(N3CCCCC3)cc2)CN1C(=O)[C@@H](NC(=O)OC1CCCC1)C(C)(C)C)C(=O)NS(=O)(=O)C1CC1. The number of rotatable bonds is 11. The molecule has 0 aromatic heterocycles. The zero-order valence-electron chi connectivity index (χ0n) is 29.5. The number of hydrogen-bond acceptors (Lipinski definition) is 9. The molecule has 3 N–H and O–H groups in total. The summed E-state index contributed by atoms with van der Waals surface area (Å²) >= 11 is 0. The van der Waals surface area contributed by atoms with Crippen LogP contribution in [0.5, 0.6) is 0 Å². The highest BCUT2D eigenvalue weighted by atomic mass is 32.2. The van der Waals surface area contributed by atoms with E-state index in [0.29, 0.717) is 12.8 Å². The molecule has 6 rings (SSSR count). The second-order valence-electron chi connectivity index (χ2n) is 15.7. The number of sulfonamides is 1. The highest BCUT2D eigenvalue weighted by Gasteiger charge is 2.62. The number of nitrogens with zero attached hydrogens (tertiary/aromatic N) is 3. The van der Waals surface area contributed by atoms with Gasteiger partial charge < -0.3 is 30.1 Å². The molecule has 5 aliphatic rings. The third-order valence-electron chi connectivity index (χ3n) is 10.8. The average Bonchev–Trinajstić information content (AvgIpc) is 3.96. The Labute approximate surface area is 295 Å². The molecule has 4 atom stereocenters. The van der Waals surface area contributed by atoms with Gasteiger partial charge >= 0.3 is 6.09 Å². The number of alkyl carbamates (subject to hydrolysis) is 1. The predicted molar refractivity (Wildman–Crippen MR) is 190 cm³/mol. The predicted octanol–water partition coefficient (Wildman–Crippen LogP) is 3.40. The van der Waals surface area contributed by atoms with Crippen LogP contribution in [0.4, 0.5) is 16.2 Å². The number of carbonyl (C=O) groups is 4. The summed E-state index contributed by atoms with van der Waals surface area (Å²) in [6.45, 7) is 11.5. The first-order valence-electron chi connectivity index (χ1n) is 18.1. The van der Waals surface area contributed by atoms with Crippen LogP contribution in [0.2, 0.25) is 0 Å². The van der Waals surface area contributed by atoms with Crippen molar-refractivity contribution in [3.05, 3.63) is 36.9 Å². The molecule has 3 saturated carbocycles. The van der Waals surface area contributed by atoms with E-state index in [1.165, 1.54) is 17.4 Å². The fourth-order valence-corrected chi connectivity index (χ4v) is 8.82. The Morgan fingerprint density at radius 1 is 0.940 bits per heavy atom. The zero-order chi connectivity index (χ0) is 35.8. The number of piperidine rings is 1. The van der Waals surface area contributed by atoms with Gasteiger partial charge in [0.25, 0.3) is 5.91 Å². The van der Waals surface area contributed by atoms with Gasteiger partial charge in [-0.3, -0.25) is 19.1 Å². The van der Waals surface area contributed by atoms with Crippen molar-refractivity contribution in [2.75, 3.05) is 36.1 Å². The van der Waals surface area contributed by atoms with Crippen LogP contribution in [0.25, 0.3) is 0 Å². The van der Waals surface area contributed by atoms with E-state index in [-0.39, 0.29) is 25.7 Å². The lowest BCUT2D eigenvalue weighted by atomic mass is 9.85. The van der Waals surface area contributed by atoms with Crippen LogP contribution in [0.1, 0.15) is 85.0 Å². The Kier molecular flexibility index (Phi) is 10.1. The van der Waals surface area contributed by atoms with Gasteiger partial charge in [-0.15, -0.1) is 6.58 Å². The van der Waals surface area contributed by atoms with Crippen LogP contribution in [0.3, 0.4) is 0 Å². The maximum atomic E-state index is 14.5. The lowest BCUT2D eigenvalue weighted by Gasteiger charge is -2.35. The van der Waals surface area contributed by atoms with E-state index in [4.69, 9.17) is 4.74 Å². The zero-order valence-corrected chi connectivity index (χ0v) is 30.3. The van der Waals surface area contributed by atoms with Gasteiger partial charge in [-0.2, -0.15) is 0 Å². The largest absolute Gasteiger partial charge is 0.446 e. The molecule has 274 valence electrons. The number of amides is 4. The second-order valence-corrected chi connectivity index (χ2v) is 17.7. The Bertz CT molecular complexity index is 1580. The molecular weight excluding hydrogens is 660 g/mol. The molecule has 4 amide bonds. The maximum absolute atomic E-state index is 14.5. The molecule has 0 radical (unpaired) electrons. The molecule has 3 aliphatic carbocycles. The minimum Gasteiger partial charge on any atom is -0.446 e. The molecule has 2 heterocycles. The van der Waals surface area contributed by atoms with Crippen molar-refractivity contribution >= 4 is 45.2 Å². The first-order chi connectivity index (χ1) is 23.7. The molecule has 50 heavy (non-hydrogen) atoms. The Balaban J connectivity index is 1.24. The van der Waals surface area contributed by atoms with E-state index in [2.05, 4.69) is 39.0 Å². The lowest BCUT2D eigenvalue weighted by molar-refractivity contribution is -0.142. The molecule has 14 heteroatoms. The smallest absolute Gasteiger partial charge is 0.408 e. The van der Waals surface area contributed by atoms with Crippen molar-refractivity contribution in [1.82, 2.24) is 20.3 Å². The summed E-state index contributed by atoms with van der Waals surface area (Å²) in [4.78, 5) is 61.0. The molecule has 1 aromatic carbocycles. The van der Waals surface area contributed by atoms with Crippen molar-refractivity contribution in [2.45, 2.75) is 114 Å². The van der Waals surface area contributed by atoms with Gasteiger partial charge in [0.15, 0.2) is 0 Å². The number of anilines is 2. The summed E-state index contributed by atoms with van der Waals surface area (Å²) in [5.74, 6) is -2.32. The van der Waals surface area contributed by atoms with Gasteiger partial charge in [0.1, 0.15) is 23.7 Å². The van der Waals surface area contributed by atoms with Crippen LogP contribution >= 0.6 is 0 Å². The van der Waals surface area contributed by atoms with Crippen molar-refractivity contribution in [3.63, 3.8) is 0 Å². The van der Waals surface area contributed by atoms with Gasteiger partial charge in [-0.1, -0.05) is 26.8 Å². The third-order valence-corrected chi connectivity index (χ3v) is 12.6. The average molecular weight is 713 g/mol. The number of hydrogen-bond donors (Lipinski definition) is 3. The van der Waals surface area contributed by atoms with Gasteiger partial charge in [-0.05, 0) is 93.9 Å². The van der Waals surface area contributed by atoms with Crippen molar-refractivity contribution in [2.24, 2.45) is 11.3 Å². The summed E-state index contributed by atoms with van der Waals surface area (Å²) < 4.78 is 33.2. The fourth-order valence-electron chi connectivity index (χ4n) is 7.45. The van der Waals surface area contributed by atoms with E-state index in [1.807, 2.05) is 37.8 Å². The van der Waals surface area contributed by atoms with Crippen LogP contribution in [0, 0.1) is 11.3 Å². The summed E-state index contributed by atoms with van der Waals surface area (Å²) in [5.41, 5.74) is -0.297. The quantitative estimate of drug-likeness (QED) is 0.293. The van der Waals surface area contributed by atoms with E-state index >= 15 is 0 Å².